The fraction of sp³-hybridized carbons (Fsp3) is 0.436. The second kappa shape index (κ2) is 15.9. The van der Waals surface area contributed by atoms with Crippen molar-refractivity contribution in [2.75, 3.05) is 56.1 Å². The summed E-state index contributed by atoms with van der Waals surface area (Å²) in [5.74, 6) is -0.0818. The Morgan fingerprint density at radius 1 is 1.02 bits per heavy atom. The molecule has 0 amide bonds. The van der Waals surface area contributed by atoms with Crippen LogP contribution in [0.4, 0.5) is 29.1 Å². The van der Waals surface area contributed by atoms with Crippen LogP contribution in [0.3, 0.4) is 0 Å². The third-order valence-corrected chi connectivity index (χ3v) is 11.3. The number of aryl methyl sites for hydroxylation is 1. The van der Waals surface area contributed by atoms with Crippen LogP contribution in [-0.2, 0) is 51.6 Å². The summed E-state index contributed by atoms with van der Waals surface area (Å²) in [6.45, 7) is 4.68. The SMILES string of the molecule is CCS(=O)(=O)c1nc2c(c(N3CCOCC(C)(O)C3)n1)COC(c1c(F)c(N(Cc3ccc(OC)cc3)Cc3ccc(OC)cc3)cc(C)c1C(F)(F)F)C2. The van der Waals surface area contributed by atoms with Crippen LogP contribution in [0.1, 0.15) is 59.0 Å². The van der Waals surface area contributed by atoms with E-state index in [-0.39, 0.29) is 80.9 Å². The van der Waals surface area contributed by atoms with Crippen molar-refractivity contribution in [1.29, 1.82) is 0 Å². The number of β-amino-alcohol motifs (C(OH)–C–C–N with tert-alkyl or cyclic N) is 1. The predicted octanol–water partition coefficient (Wildman–Crippen LogP) is 6.36. The number of aromatic nitrogens is 2. The molecule has 1 saturated heterocycles. The van der Waals surface area contributed by atoms with Gasteiger partial charge in [-0.2, -0.15) is 13.2 Å². The monoisotopic (exact) mass is 788 g/mol. The molecule has 1 fully saturated rings. The molecule has 0 saturated carbocycles. The zero-order chi connectivity index (χ0) is 39.7. The van der Waals surface area contributed by atoms with Crippen LogP contribution in [0.5, 0.6) is 11.5 Å². The van der Waals surface area contributed by atoms with Crippen molar-refractivity contribution in [2.24, 2.45) is 0 Å². The van der Waals surface area contributed by atoms with Crippen molar-refractivity contribution in [2.45, 2.75) is 69.9 Å². The van der Waals surface area contributed by atoms with Gasteiger partial charge < -0.3 is 33.9 Å². The van der Waals surface area contributed by atoms with E-state index in [0.29, 0.717) is 17.1 Å². The fourth-order valence-electron chi connectivity index (χ4n) is 6.97. The second-order valence-electron chi connectivity index (χ2n) is 14.0. The van der Waals surface area contributed by atoms with Gasteiger partial charge in [-0.1, -0.05) is 31.2 Å². The van der Waals surface area contributed by atoms with Crippen LogP contribution in [-0.4, -0.2) is 75.4 Å². The molecule has 2 unspecified atom stereocenters. The number of aliphatic hydroxyl groups is 1. The van der Waals surface area contributed by atoms with E-state index in [0.717, 1.165) is 11.1 Å². The van der Waals surface area contributed by atoms with Crippen LogP contribution in [0.15, 0.2) is 59.8 Å². The largest absolute Gasteiger partial charge is 0.497 e. The lowest BCUT2D eigenvalue weighted by Gasteiger charge is -2.34. The third-order valence-electron chi connectivity index (χ3n) is 9.76. The Morgan fingerprint density at radius 3 is 2.16 bits per heavy atom. The summed E-state index contributed by atoms with van der Waals surface area (Å²) in [5, 5.41) is 10.4. The molecule has 16 heteroatoms. The highest BCUT2D eigenvalue weighted by molar-refractivity contribution is 7.91. The molecular weight excluding hydrogens is 745 g/mol. The van der Waals surface area contributed by atoms with Crippen LogP contribution in [0.2, 0.25) is 0 Å². The lowest BCUT2D eigenvalue weighted by atomic mass is 9.90. The number of hydrogen-bond acceptors (Lipinski definition) is 11. The van der Waals surface area contributed by atoms with Gasteiger partial charge in [-0.05, 0) is 60.9 Å². The molecule has 2 atom stereocenters. The Kier molecular flexibility index (Phi) is 11.6. The van der Waals surface area contributed by atoms with Gasteiger partial charge in [0.25, 0.3) is 0 Å². The van der Waals surface area contributed by atoms with Gasteiger partial charge in [-0.3, -0.25) is 0 Å². The maximum atomic E-state index is 17.3. The summed E-state index contributed by atoms with van der Waals surface area (Å²) in [4.78, 5) is 12.1. The van der Waals surface area contributed by atoms with E-state index in [9.17, 15) is 26.7 Å². The fourth-order valence-corrected chi connectivity index (χ4v) is 7.70. The van der Waals surface area contributed by atoms with Gasteiger partial charge in [0.05, 0.1) is 69.4 Å². The van der Waals surface area contributed by atoms with Crippen molar-refractivity contribution in [3.8, 4) is 11.5 Å². The van der Waals surface area contributed by atoms with Crippen molar-refractivity contribution in [3.63, 3.8) is 0 Å². The summed E-state index contributed by atoms with van der Waals surface area (Å²) < 4.78 is 111. The topological polar surface area (TPSA) is 124 Å². The Hall–Kier alpha value is -4.51. The second-order valence-corrected chi connectivity index (χ2v) is 16.2. The minimum absolute atomic E-state index is 0.0256. The lowest BCUT2D eigenvalue weighted by molar-refractivity contribution is -0.140. The van der Waals surface area contributed by atoms with Crippen LogP contribution in [0, 0.1) is 12.7 Å². The molecular formula is C39H44F4N4O7S. The molecule has 0 radical (unpaired) electrons. The van der Waals surface area contributed by atoms with E-state index in [1.54, 1.807) is 65.3 Å². The van der Waals surface area contributed by atoms with Crippen molar-refractivity contribution >= 4 is 21.3 Å². The number of methoxy groups -OCH3 is 2. The Morgan fingerprint density at radius 2 is 1.62 bits per heavy atom. The number of ether oxygens (including phenoxy) is 4. The van der Waals surface area contributed by atoms with E-state index in [4.69, 9.17) is 18.9 Å². The molecule has 296 valence electrons. The van der Waals surface area contributed by atoms with Gasteiger partial charge in [-0.25, -0.2) is 22.8 Å². The van der Waals surface area contributed by atoms with Crippen molar-refractivity contribution in [1.82, 2.24) is 9.97 Å². The Balaban J connectivity index is 1.48. The molecule has 0 bridgehead atoms. The van der Waals surface area contributed by atoms with Gasteiger partial charge >= 0.3 is 6.18 Å². The van der Waals surface area contributed by atoms with Gasteiger partial charge in [0, 0.05) is 37.2 Å². The number of alkyl halides is 3. The molecule has 1 N–H and O–H groups in total. The highest BCUT2D eigenvalue weighted by Gasteiger charge is 2.43. The first-order valence-electron chi connectivity index (χ1n) is 17.7. The number of anilines is 2. The van der Waals surface area contributed by atoms with Gasteiger partial charge in [-0.15, -0.1) is 0 Å². The zero-order valence-electron chi connectivity index (χ0n) is 31.2. The lowest BCUT2D eigenvalue weighted by Crippen LogP contribution is -2.43. The number of rotatable bonds is 11. The first-order valence-corrected chi connectivity index (χ1v) is 19.4. The van der Waals surface area contributed by atoms with Crippen LogP contribution < -0.4 is 19.3 Å². The molecule has 1 aromatic heterocycles. The van der Waals surface area contributed by atoms with Gasteiger partial charge in [0.15, 0.2) is 5.82 Å². The minimum Gasteiger partial charge on any atom is -0.497 e. The molecule has 0 aliphatic carbocycles. The maximum absolute atomic E-state index is 17.3. The molecule has 0 spiro atoms. The maximum Gasteiger partial charge on any atom is 0.417 e. The molecule has 55 heavy (non-hydrogen) atoms. The van der Waals surface area contributed by atoms with Crippen molar-refractivity contribution < 1.29 is 50.0 Å². The number of sulfone groups is 1. The van der Waals surface area contributed by atoms with Crippen molar-refractivity contribution in [3.05, 3.63) is 99.5 Å². The number of fused-ring (bicyclic) bond motifs is 1. The summed E-state index contributed by atoms with van der Waals surface area (Å²) in [5.41, 5.74) is -1.53. The standard InChI is InChI=1S/C39H44F4N4O7S/c1-6-55(49,50)37-44-30-18-32(54-21-29(30)36(45-37)46-15-16-53-23-38(3,48)22-46)33-34(39(41,42)43)24(2)17-31(35(33)40)47(19-25-7-11-27(51-4)12-8-25)20-26-9-13-28(52-5)14-10-26/h7-14,17,32,48H,6,15-16,18-23H2,1-5H3. The molecule has 3 heterocycles. The summed E-state index contributed by atoms with van der Waals surface area (Å²) >= 11 is 0. The first kappa shape index (κ1) is 40.2. The molecule has 4 aromatic rings. The molecule has 11 nitrogen and oxygen atoms in total. The highest BCUT2D eigenvalue weighted by Crippen LogP contribution is 2.46. The van der Waals surface area contributed by atoms with E-state index < -0.39 is 49.8 Å². The highest BCUT2D eigenvalue weighted by atomic mass is 32.2. The number of nitrogens with zero attached hydrogens (tertiary/aromatic N) is 4. The first-order chi connectivity index (χ1) is 26.0. The third kappa shape index (κ3) is 8.82. The molecule has 6 rings (SSSR count). The van der Waals surface area contributed by atoms with E-state index in [1.807, 2.05) is 0 Å². The normalized spacial score (nSPS) is 19.1. The van der Waals surface area contributed by atoms with Crippen LogP contribution in [0.25, 0.3) is 0 Å². The molecule has 2 aliphatic heterocycles. The molecule has 2 aliphatic rings. The van der Waals surface area contributed by atoms with Gasteiger partial charge in [0.2, 0.25) is 15.0 Å². The van der Waals surface area contributed by atoms with Crippen LogP contribution >= 0.6 is 0 Å². The number of benzene rings is 3. The van der Waals surface area contributed by atoms with E-state index in [2.05, 4.69) is 9.97 Å². The average Bonchev–Trinajstić information content (AvgIpc) is 3.34. The molecule has 3 aromatic carbocycles. The number of halogens is 4. The Labute approximate surface area is 317 Å². The van der Waals surface area contributed by atoms with E-state index in [1.165, 1.54) is 34.1 Å². The summed E-state index contributed by atoms with van der Waals surface area (Å²) in [7, 11) is -0.943. The zero-order valence-corrected chi connectivity index (χ0v) is 32.1. The Bertz CT molecular complexity index is 2070. The van der Waals surface area contributed by atoms with E-state index >= 15 is 4.39 Å². The summed E-state index contributed by atoms with van der Waals surface area (Å²) in [6.07, 6.45) is -6.84. The quantitative estimate of drug-likeness (QED) is 0.135. The minimum atomic E-state index is -4.97. The summed E-state index contributed by atoms with van der Waals surface area (Å²) in [6, 6.07) is 15.4. The predicted molar refractivity (Wildman–Crippen MR) is 197 cm³/mol. The smallest absolute Gasteiger partial charge is 0.417 e. The number of hydrogen-bond donors (Lipinski definition) is 1. The van der Waals surface area contributed by atoms with Gasteiger partial charge in [0.1, 0.15) is 22.9 Å². The average molecular weight is 789 g/mol.